The molecule has 2 N–H and O–H groups in total. The number of ether oxygens (including phenoxy) is 2. The Balaban J connectivity index is 0.000000286. The molecule has 52 heavy (non-hydrogen) atoms. The first kappa shape index (κ1) is 42.6. The number of hydrogen-bond acceptors (Lipinski definition) is 7. The third-order valence-corrected chi connectivity index (χ3v) is 15.3. The van der Waals surface area contributed by atoms with Gasteiger partial charge in [0.05, 0.1) is 11.5 Å². The van der Waals surface area contributed by atoms with Gasteiger partial charge in [0.15, 0.2) is 12.4 Å². The minimum atomic E-state index is -0.711. The van der Waals surface area contributed by atoms with Gasteiger partial charge in [-0.2, -0.15) is 0 Å². The van der Waals surface area contributed by atoms with Crippen LogP contribution < -0.4 is 4.74 Å². The summed E-state index contributed by atoms with van der Waals surface area (Å²) in [6.07, 6.45) is 9.95. The molecule has 6 rings (SSSR count). The molecule has 0 amide bonds. The minimum absolute atomic E-state index is 0. The molecule has 5 aliphatic rings. The highest BCUT2D eigenvalue weighted by Crippen LogP contribution is 2.75. The van der Waals surface area contributed by atoms with Gasteiger partial charge in [0, 0.05) is 17.5 Å². The molecule has 0 aromatic heterocycles. The molecule has 292 valence electrons. The lowest BCUT2D eigenvalue weighted by Gasteiger charge is -2.70. The molecule has 8 nitrogen and oxygen atoms in total. The van der Waals surface area contributed by atoms with Gasteiger partial charge >= 0.3 is 11.9 Å². The zero-order chi connectivity index (χ0) is 37.8. The summed E-state index contributed by atoms with van der Waals surface area (Å²) >= 11 is 5.72. The van der Waals surface area contributed by atoms with Gasteiger partial charge in [-0.1, -0.05) is 58.7 Å². The van der Waals surface area contributed by atoms with Crippen molar-refractivity contribution in [1.82, 2.24) is 4.90 Å². The summed E-state index contributed by atoms with van der Waals surface area (Å²) in [5.41, 5.74) is 0.142. The zero-order valence-electron chi connectivity index (χ0n) is 32.9. The molecular formula is C42H63Cl2NO7. The number of aliphatic carboxylic acids is 1. The summed E-state index contributed by atoms with van der Waals surface area (Å²) in [6.45, 7) is 16.8. The maximum Gasteiger partial charge on any atom is 0.344 e. The van der Waals surface area contributed by atoms with Crippen LogP contribution in [0.3, 0.4) is 0 Å². The number of aliphatic hydroxyl groups excluding tert-OH is 1. The summed E-state index contributed by atoms with van der Waals surface area (Å²) in [7, 11) is 3.83. The van der Waals surface area contributed by atoms with Crippen LogP contribution in [0.25, 0.3) is 0 Å². The minimum Gasteiger partial charge on any atom is -0.482 e. The van der Waals surface area contributed by atoms with Gasteiger partial charge < -0.3 is 24.6 Å². The fourth-order valence-corrected chi connectivity index (χ4v) is 11.5. The van der Waals surface area contributed by atoms with E-state index in [0.29, 0.717) is 36.3 Å². The van der Waals surface area contributed by atoms with Gasteiger partial charge in [-0.3, -0.25) is 9.59 Å². The quantitative estimate of drug-likeness (QED) is 0.266. The van der Waals surface area contributed by atoms with Gasteiger partial charge in [-0.15, -0.1) is 12.4 Å². The third kappa shape index (κ3) is 7.44. The number of hydrogen-bond donors (Lipinski definition) is 2. The first-order chi connectivity index (χ1) is 23.6. The summed E-state index contributed by atoms with van der Waals surface area (Å²) in [4.78, 5) is 39.6. The predicted octanol–water partition coefficient (Wildman–Crippen LogP) is 8.66. The smallest absolute Gasteiger partial charge is 0.344 e. The Morgan fingerprint density at radius 2 is 1.56 bits per heavy atom. The van der Waals surface area contributed by atoms with Crippen LogP contribution in [0, 0.1) is 50.2 Å². The Labute approximate surface area is 322 Å². The number of rotatable bonds is 7. The van der Waals surface area contributed by atoms with Crippen LogP contribution >= 0.6 is 24.0 Å². The Hall–Kier alpha value is -2.13. The number of carboxylic acids is 1. The second kappa shape index (κ2) is 15.2. The van der Waals surface area contributed by atoms with E-state index >= 15 is 0 Å². The molecule has 9 atom stereocenters. The highest BCUT2D eigenvalue weighted by atomic mass is 35.5. The van der Waals surface area contributed by atoms with Crippen LogP contribution in [-0.4, -0.2) is 72.8 Å². The van der Waals surface area contributed by atoms with Crippen molar-refractivity contribution in [3.8, 4) is 5.75 Å². The standard InChI is InChI=1S/C30H46O4.C12H16ClNO3.ClH/c1-25(2)21-8-11-30(7)23(28(21,5)10-9-22(25)32)20(31)16-18-19-17-27(4,24(33)34)13-12-26(19,3)14-15-29(18,30)6;1-14(2)7-8-16-12(15)9-17-11-5-3-10(13)4-6-11;/h16,19,21-23,32H,8-15,17H2,1-7H3,(H,33,34);3-6H,7-9H2,1-2H3;1H. The molecule has 1 aromatic rings. The molecule has 9 unspecified atom stereocenters. The Morgan fingerprint density at radius 3 is 2.17 bits per heavy atom. The number of allylic oxidation sites excluding steroid dienone is 2. The number of nitrogens with zero attached hydrogens (tertiary/aromatic N) is 1. The van der Waals surface area contributed by atoms with E-state index in [-0.39, 0.29) is 75.8 Å². The number of carbonyl (C=O) groups is 3. The molecule has 4 fully saturated rings. The molecule has 0 radical (unpaired) electrons. The lowest BCUT2D eigenvalue weighted by Crippen LogP contribution is -2.66. The van der Waals surface area contributed by atoms with Crippen LogP contribution in [0.1, 0.15) is 106 Å². The van der Waals surface area contributed by atoms with Crippen LogP contribution in [0.15, 0.2) is 35.9 Å². The second-order valence-electron chi connectivity index (χ2n) is 18.7. The average Bonchev–Trinajstić information content (AvgIpc) is 3.04. The summed E-state index contributed by atoms with van der Waals surface area (Å²) in [6, 6.07) is 6.81. The predicted molar refractivity (Wildman–Crippen MR) is 207 cm³/mol. The molecule has 0 bridgehead atoms. The van der Waals surface area contributed by atoms with E-state index in [4.69, 9.17) is 21.1 Å². The van der Waals surface area contributed by atoms with E-state index in [1.54, 1.807) is 24.3 Å². The summed E-state index contributed by atoms with van der Waals surface area (Å²) in [5, 5.41) is 21.5. The monoisotopic (exact) mass is 763 g/mol. The number of benzene rings is 1. The SMILES string of the molecule is CC1(C(=O)O)CCC2(C)CCC3(C)C(=CC(=O)C4C5(C)CCC(O)C(C)(C)C5CCC43C)C2C1.CN(C)CCOC(=O)COc1ccc(Cl)cc1.Cl. The molecular weight excluding hydrogens is 701 g/mol. The fourth-order valence-electron chi connectivity index (χ4n) is 11.4. The normalized spacial score (nSPS) is 38.8. The number of ketones is 1. The molecule has 4 saturated carbocycles. The van der Waals surface area contributed by atoms with Crippen LogP contribution in [-0.2, 0) is 19.1 Å². The average molecular weight is 765 g/mol. The molecule has 5 aliphatic carbocycles. The zero-order valence-corrected chi connectivity index (χ0v) is 34.4. The first-order valence-corrected chi connectivity index (χ1v) is 19.4. The van der Waals surface area contributed by atoms with Crippen molar-refractivity contribution >= 4 is 41.7 Å². The fraction of sp³-hybridized carbons (Fsp3) is 0.738. The third-order valence-electron chi connectivity index (χ3n) is 15.0. The number of carboxylic acid groups (broad SMARTS) is 1. The Morgan fingerprint density at radius 1 is 0.923 bits per heavy atom. The largest absolute Gasteiger partial charge is 0.482 e. The number of carbonyl (C=O) groups excluding carboxylic acids is 2. The van der Waals surface area contributed by atoms with Crippen molar-refractivity contribution in [1.29, 1.82) is 0 Å². The van der Waals surface area contributed by atoms with Gasteiger partial charge in [0.2, 0.25) is 0 Å². The molecule has 10 heteroatoms. The van der Waals surface area contributed by atoms with E-state index in [9.17, 15) is 24.6 Å². The lowest BCUT2D eigenvalue weighted by molar-refractivity contribution is -0.202. The van der Waals surface area contributed by atoms with Gasteiger partial charge in [0.1, 0.15) is 12.4 Å². The summed E-state index contributed by atoms with van der Waals surface area (Å²) < 4.78 is 10.2. The second-order valence-corrected chi connectivity index (χ2v) is 19.1. The van der Waals surface area contributed by atoms with Crippen molar-refractivity contribution in [2.75, 3.05) is 33.9 Å². The number of halogens is 2. The van der Waals surface area contributed by atoms with Gasteiger partial charge in [0.25, 0.3) is 0 Å². The van der Waals surface area contributed by atoms with E-state index in [1.165, 1.54) is 5.57 Å². The van der Waals surface area contributed by atoms with Gasteiger partial charge in [-0.05, 0) is 148 Å². The van der Waals surface area contributed by atoms with E-state index in [2.05, 4.69) is 41.5 Å². The highest BCUT2D eigenvalue weighted by Gasteiger charge is 2.70. The van der Waals surface area contributed by atoms with Crippen molar-refractivity contribution in [3.63, 3.8) is 0 Å². The van der Waals surface area contributed by atoms with Crippen molar-refractivity contribution < 1.29 is 34.1 Å². The molecule has 0 heterocycles. The number of esters is 1. The Kier molecular flexibility index (Phi) is 12.4. The molecule has 0 saturated heterocycles. The van der Waals surface area contributed by atoms with Crippen molar-refractivity contribution in [2.45, 2.75) is 112 Å². The van der Waals surface area contributed by atoms with E-state index < -0.39 is 11.4 Å². The van der Waals surface area contributed by atoms with E-state index in [1.807, 2.05) is 32.0 Å². The topological polar surface area (TPSA) is 113 Å². The van der Waals surface area contributed by atoms with Crippen molar-refractivity contribution in [2.24, 2.45) is 50.2 Å². The van der Waals surface area contributed by atoms with Crippen LogP contribution in [0.4, 0.5) is 0 Å². The van der Waals surface area contributed by atoms with Crippen molar-refractivity contribution in [3.05, 3.63) is 40.9 Å². The highest BCUT2D eigenvalue weighted by molar-refractivity contribution is 6.30. The number of likely N-dealkylation sites (N-methyl/N-ethyl adjacent to an activating group) is 1. The lowest BCUT2D eigenvalue weighted by atomic mass is 9.33. The van der Waals surface area contributed by atoms with Crippen LogP contribution in [0.5, 0.6) is 5.75 Å². The Bertz CT molecular complexity index is 1530. The summed E-state index contributed by atoms with van der Waals surface area (Å²) in [5.74, 6) is 0.283. The van der Waals surface area contributed by atoms with E-state index in [0.717, 1.165) is 51.4 Å². The van der Waals surface area contributed by atoms with Crippen LogP contribution in [0.2, 0.25) is 5.02 Å². The first-order valence-electron chi connectivity index (χ1n) is 19.0. The maximum atomic E-state index is 14.2. The number of aliphatic hydroxyl groups is 1. The van der Waals surface area contributed by atoms with Gasteiger partial charge in [-0.25, -0.2) is 4.79 Å². The molecule has 1 aromatic carbocycles. The number of fused-ring (bicyclic) bond motifs is 7. The maximum absolute atomic E-state index is 14.2. The molecule has 0 aliphatic heterocycles. The molecule has 0 spiro atoms.